The topological polar surface area (TPSA) is 41.0 Å². The zero-order valence-electron chi connectivity index (χ0n) is 5.47. The molecular weight excluding hydrogens is 226 g/mol. The van der Waals surface area contributed by atoms with Crippen LogP contribution in [0.15, 0.2) is 9.60 Å². The molecule has 11 heavy (non-hydrogen) atoms. The minimum absolute atomic E-state index is 0.501. The molecule has 5 heteroatoms. The number of aromatic amines is 1. The van der Waals surface area contributed by atoms with E-state index in [9.17, 15) is 0 Å². The number of H-pyrrole nitrogens is 1. The summed E-state index contributed by atoms with van der Waals surface area (Å²) in [7, 11) is 0. The summed E-state index contributed by atoms with van der Waals surface area (Å²) >= 11 is 8.18. The van der Waals surface area contributed by atoms with E-state index >= 15 is 0 Å². The lowest BCUT2D eigenvalue weighted by Crippen LogP contribution is -1.89. The van der Waals surface area contributed by atoms with Crippen molar-refractivity contribution in [2.75, 3.05) is 0 Å². The molecule has 0 aromatic carbocycles. The van der Waals surface area contributed by atoms with E-state index in [1.165, 1.54) is 0 Å². The Balaban J connectivity index is 2.76. The molecule has 2 rings (SSSR count). The molecule has 0 spiro atoms. The van der Waals surface area contributed by atoms with Crippen LogP contribution in [0.2, 0.25) is 0 Å². The number of hydrogen-bond donors (Lipinski definition) is 1. The third-order valence-corrected chi connectivity index (χ3v) is 2.20. The first-order valence-corrected chi connectivity index (χ1v) is 4.29. The van der Waals surface area contributed by atoms with Gasteiger partial charge in [-0.3, -0.25) is 4.99 Å². The van der Waals surface area contributed by atoms with Crippen LogP contribution in [-0.2, 0) is 6.42 Å². The summed E-state index contributed by atoms with van der Waals surface area (Å²) in [5.41, 5.74) is 1.91. The van der Waals surface area contributed by atoms with Crippen LogP contribution in [0.25, 0.3) is 0 Å². The number of rotatable bonds is 0. The molecule has 0 amide bonds. The molecule has 1 aliphatic rings. The first kappa shape index (κ1) is 7.12. The van der Waals surface area contributed by atoms with Gasteiger partial charge in [0.1, 0.15) is 10.3 Å². The lowest BCUT2D eigenvalue weighted by molar-refractivity contribution is 1.05. The SMILES string of the molecule is S=c1nc(Br)c2c([nH]1)CC=N2. The van der Waals surface area contributed by atoms with Gasteiger partial charge in [-0.25, -0.2) is 4.98 Å². The summed E-state index contributed by atoms with van der Waals surface area (Å²) in [6, 6.07) is 0. The van der Waals surface area contributed by atoms with Crippen LogP contribution in [0.3, 0.4) is 0 Å². The highest BCUT2D eigenvalue weighted by Crippen LogP contribution is 2.28. The molecule has 0 saturated heterocycles. The highest BCUT2D eigenvalue weighted by atomic mass is 79.9. The minimum Gasteiger partial charge on any atom is -0.332 e. The van der Waals surface area contributed by atoms with Gasteiger partial charge in [-0.2, -0.15) is 0 Å². The number of fused-ring (bicyclic) bond motifs is 1. The quantitative estimate of drug-likeness (QED) is 0.548. The van der Waals surface area contributed by atoms with E-state index in [-0.39, 0.29) is 0 Å². The van der Waals surface area contributed by atoms with Crippen LogP contribution < -0.4 is 0 Å². The molecule has 0 fully saturated rings. The third-order valence-electron chi connectivity index (χ3n) is 1.45. The number of halogens is 1. The van der Waals surface area contributed by atoms with Gasteiger partial charge in [0.25, 0.3) is 0 Å². The summed E-state index contributed by atoms with van der Waals surface area (Å²) in [6.07, 6.45) is 2.66. The van der Waals surface area contributed by atoms with Gasteiger partial charge in [-0.15, -0.1) is 0 Å². The van der Waals surface area contributed by atoms with E-state index in [4.69, 9.17) is 12.2 Å². The Kier molecular flexibility index (Phi) is 1.61. The maximum Gasteiger partial charge on any atom is 0.198 e. The second kappa shape index (κ2) is 2.49. The first-order valence-electron chi connectivity index (χ1n) is 3.08. The van der Waals surface area contributed by atoms with E-state index in [0.717, 1.165) is 22.4 Å². The predicted molar refractivity (Wildman–Crippen MR) is 49.0 cm³/mol. The summed E-state index contributed by atoms with van der Waals surface area (Å²) < 4.78 is 1.23. The molecule has 1 aromatic heterocycles. The lowest BCUT2D eigenvalue weighted by Gasteiger charge is -1.97. The van der Waals surface area contributed by atoms with Crippen LogP contribution >= 0.6 is 28.1 Å². The highest BCUT2D eigenvalue weighted by Gasteiger charge is 2.10. The normalized spacial score (nSPS) is 13.5. The second-order valence-corrected chi connectivity index (χ2v) is 3.31. The predicted octanol–water partition coefficient (Wildman–Crippen LogP) is 2.16. The van der Waals surface area contributed by atoms with Crippen molar-refractivity contribution in [2.24, 2.45) is 4.99 Å². The van der Waals surface area contributed by atoms with Crippen molar-refractivity contribution in [3.8, 4) is 0 Å². The average Bonchev–Trinajstić information content (AvgIpc) is 2.34. The summed E-state index contributed by atoms with van der Waals surface area (Å²) in [5, 5.41) is 0. The van der Waals surface area contributed by atoms with Crippen LogP contribution in [-0.4, -0.2) is 16.2 Å². The Morgan fingerprint density at radius 3 is 3.27 bits per heavy atom. The fraction of sp³-hybridized carbons (Fsp3) is 0.167. The van der Waals surface area contributed by atoms with Crippen molar-refractivity contribution in [1.82, 2.24) is 9.97 Å². The number of nitrogens with zero attached hydrogens (tertiary/aromatic N) is 2. The maximum atomic E-state index is 4.89. The lowest BCUT2D eigenvalue weighted by atomic mass is 10.3. The van der Waals surface area contributed by atoms with Crippen molar-refractivity contribution >= 4 is 40.0 Å². The van der Waals surface area contributed by atoms with Crippen LogP contribution in [0.1, 0.15) is 5.69 Å². The molecule has 0 radical (unpaired) electrons. The van der Waals surface area contributed by atoms with E-state index in [1.54, 1.807) is 0 Å². The fourth-order valence-corrected chi connectivity index (χ4v) is 1.84. The van der Waals surface area contributed by atoms with Gasteiger partial charge in [-0.1, -0.05) is 0 Å². The van der Waals surface area contributed by atoms with Crippen molar-refractivity contribution in [1.29, 1.82) is 0 Å². The largest absolute Gasteiger partial charge is 0.332 e. The molecule has 1 aliphatic heterocycles. The van der Waals surface area contributed by atoms with E-state index < -0.39 is 0 Å². The van der Waals surface area contributed by atoms with Crippen molar-refractivity contribution in [2.45, 2.75) is 6.42 Å². The smallest absolute Gasteiger partial charge is 0.198 e. The number of aliphatic imine (C=N–C) groups is 1. The molecule has 3 nitrogen and oxygen atoms in total. The fourth-order valence-electron chi connectivity index (χ4n) is 0.990. The zero-order valence-corrected chi connectivity index (χ0v) is 7.87. The Hall–Kier alpha value is -0.550. The van der Waals surface area contributed by atoms with Crippen LogP contribution in [0.4, 0.5) is 5.69 Å². The molecule has 56 valence electrons. The molecule has 0 atom stereocenters. The van der Waals surface area contributed by atoms with Crippen molar-refractivity contribution in [3.05, 3.63) is 15.1 Å². The summed E-state index contributed by atoms with van der Waals surface area (Å²) in [4.78, 5) is 11.1. The van der Waals surface area contributed by atoms with E-state index in [1.807, 2.05) is 6.21 Å². The van der Waals surface area contributed by atoms with Crippen LogP contribution in [0, 0.1) is 4.77 Å². The summed E-state index contributed by atoms with van der Waals surface area (Å²) in [6.45, 7) is 0. The molecule has 1 aromatic rings. The number of aromatic nitrogens is 2. The molecule has 0 saturated carbocycles. The molecule has 0 bridgehead atoms. The second-order valence-electron chi connectivity index (χ2n) is 2.18. The van der Waals surface area contributed by atoms with Gasteiger partial charge in [0.15, 0.2) is 4.77 Å². The van der Waals surface area contributed by atoms with Crippen molar-refractivity contribution in [3.63, 3.8) is 0 Å². The maximum absolute atomic E-state index is 4.89. The van der Waals surface area contributed by atoms with E-state index in [2.05, 4.69) is 30.9 Å². The van der Waals surface area contributed by atoms with Crippen LogP contribution in [0.5, 0.6) is 0 Å². The number of nitrogens with one attached hydrogen (secondary N) is 1. The molecule has 2 heterocycles. The van der Waals surface area contributed by atoms with Gasteiger partial charge in [-0.05, 0) is 28.1 Å². The average molecular weight is 230 g/mol. The Labute approximate surface area is 76.7 Å². The van der Waals surface area contributed by atoms with Gasteiger partial charge in [0.05, 0.1) is 5.69 Å². The molecule has 0 unspecified atom stereocenters. The molecule has 0 aliphatic carbocycles. The van der Waals surface area contributed by atoms with Gasteiger partial charge >= 0.3 is 0 Å². The minimum atomic E-state index is 0.501. The zero-order chi connectivity index (χ0) is 7.84. The first-order chi connectivity index (χ1) is 5.27. The Morgan fingerprint density at radius 2 is 2.45 bits per heavy atom. The standard InChI is InChI=1S/C6H4BrN3S/c7-5-4-3(1-2-8-4)9-6(11)10-5/h2H,1H2,(H,9,10,11). The van der Waals surface area contributed by atoms with Gasteiger partial charge < -0.3 is 4.98 Å². The van der Waals surface area contributed by atoms with Gasteiger partial charge in [0, 0.05) is 12.6 Å². The number of hydrogen-bond acceptors (Lipinski definition) is 3. The third kappa shape index (κ3) is 1.14. The highest BCUT2D eigenvalue weighted by molar-refractivity contribution is 9.10. The monoisotopic (exact) mass is 229 g/mol. The van der Waals surface area contributed by atoms with E-state index in [0.29, 0.717) is 4.77 Å². The molecular formula is C6H4BrN3S. The van der Waals surface area contributed by atoms with Crippen molar-refractivity contribution < 1.29 is 0 Å². The Morgan fingerprint density at radius 1 is 1.64 bits per heavy atom. The van der Waals surface area contributed by atoms with Gasteiger partial charge in [0.2, 0.25) is 0 Å². The summed E-state index contributed by atoms with van der Waals surface area (Å²) in [5.74, 6) is 0. The Bertz CT molecular complexity index is 382. The molecule has 1 N–H and O–H groups in total.